The Bertz CT molecular complexity index is 2230. The average Bonchev–Trinajstić information content (AvgIpc) is 3.59. The zero-order valence-electron chi connectivity index (χ0n) is 25.6. The first-order chi connectivity index (χ1) is 22.7. The van der Waals surface area contributed by atoms with E-state index in [0.29, 0.717) is 5.92 Å². The van der Waals surface area contributed by atoms with Crippen molar-refractivity contribution in [2.75, 3.05) is 13.1 Å². The van der Waals surface area contributed by atoms with E-state index in [1.165, 1.54) is 33.2 Å². The summed E-state index contributed by atoms with van der Waals surface area (Å²) in [4.78, 5) is 0. The van der Waals surface area contributed by atoms with E-state index < -0.39 is 0 Å². The molecule has 5 aromatic rings. The molecule has 5 aliphatic rings. The van der Waals surface area contributed by atoms with E-state index in [1.54, 1.807) is 0 Å². The van der Waals surface area contributed by atoms with Gasteiger partial charge in [0.1, 0.15) is 23.4 Å². The van der Waals surface area contributed by atoms with Gasteiger partial charge < -0.3 is 20.1 Å². The van der Waals surface area contributed by atoms with Crippen molar-refractivity contribution in [3.05, 3.63) is 131 Å². The summed E-state index contributed by atoms with van der Waals surface area (Å²) in [5.41, 5.74) is 11.9. The standard InChI is InChI=1S/C41H33N3O2/c1-24-17-18-26-25(29-12-8-13-30-27-9-3-6-15-35(27)45-39(29)30)19-20-28(33(26)23-24)37-31-10-2-5-14-34(31)44-40-38(42-21-22-43-40)32-11-4-7-16-36(32)46-41(37)44/h2-20,24,27,35,42-43H,21-23H2,1H3. The Morgan fingerprint density at radius 3 is 2.57 bits per heavy atom. The fourth-order valence-corrected chi connectivity index (χ4v) is 8.09. The van der Waals surface area contributed by atoms with E-state index in [-0.39, 0.29) is 12.0 Å². The summed E-state index contributed by atoms with van der Waals surface area (Å²) in [7, 11) is 0. The Kier molecular flexibility index (Phi) is 5.50. The van der Waals surface area contributed by atoms with Crippen LogP contribution in [-0.2, 0) is 6.42 Å². The molecule has 0 bridgehead atoms. The van der Waals surface area contributed by atoms with Crippen LogP contribution in [0, 0.1) is 5.92 Å². The number of allylic oxidation sites excluding steroid dienone is 3. The lowest BCUT2D eigenvalue weighted by atomic mass is 9.81. The van der Waals surface area contributed by atoms with Gasteiger partial charge in [-0.05, 0) is 58.9 Å². The third kappa shape index (κ3) is 3.63. The van der Waals surface area contributed by atoms with Crippen LogP contribution < -0.4 is 20.1 Å². The van der Waals surface area contributed by atoms with E-state index in [0.717, 1.165) is 70.6 Å². The molecule has 224 valence electrons. The topological polar surface area (TPSA) is 47.5 Å². The molecule has 0 radical (unpaired) electrons. The van der Waals surface area contributed by atoms with Gasteiger partial charge in [-0.25, -0.2) is 0 Å². The molecule has 4 aromatic carbocycles. The number of hydrogen-bond acceptors (Lipinski definition) is 4. The zero-order valence-corrected chi connectivity index (χ0v) is 25.6. The number of fused-ring (bicyclic) bond motifs is 10. The highest BCUT2D eigenvalue weighted by Gasteiger charge is 2.36. The quantitative estimate of drug-likeness (QED) is 0.213. The molecule has 5 nitrogen and oxygen atoms in total. The summed E-state index contributed by atoms with van der Waals surface area (Å²) in [5.74, 6) is 4.43. The molecule has 5 heteroatoms. The SMILES string of the molecule is CC1C=Cc2c(-c3cccc4c3OC3C=CC=CC43)ccc(-c3c4n(c5ccccc35)C3=C(NCCN3)c3ccccc3O4)c2C1. The first-order valence-corrected chi connectivity index (χ1v) is 16.4. The van der Waals surface area contributed by atoms with Crippen molar-refractivity contribution in [2.24, 2.45) is 5.92 Å². The van der Waals surface area contributed by atoms with Gasteiger partial charge in [0.05, 0.1) is 16.8 Å². The molecule has 46 heavy (non-hydrogen) atoms. The molecule has 2 N–H and O–H groups in total. The molecular formula is C41H33N3O2. The van der Waals surface area contributed by atoms with Gasteiger partial charge in [-0.1, -0.05) is 98.0 Å². The number of rotatable bonds is 2. The van der Waals surface area contributed by atoms with Crippen molar-refractivity contribution in [3.8, 4) is 39.6 Å². The first kappa shape index (κ1) is 25.9. The van der Waals surface area contributed by atoms with E-state index in [9.17, 15) is 0 Å². The molecular weight excluding hydrogens is 566 g/mol. The molecule has 3 aliphatic heterocycles. The number of nitrogens with one attached hydrogen (secondary N) is 2. The van der Waals surface area contributed by atoms with Crippen LogP contribution in [-0.4, -0.2) is 23.8 Å². The average molecular weight is 600 g/mol. The highest BCUT2D eigenvalue weighted by atomic mass is 16.5. The van der Waals surface area contributed by atoms with Gasteiger partial charge in [0.2, 0.25) is 5.88 Å². The molecule has 0 saturated carbocycles. The Morgan fingerprint density at radius 2 is 1.59 bits per heavy atom. The van der Waals surface area contributed by atoms with Crippen molar-refractivity contribution < 1.29 is 9.47 Å². The molecule has 10 rings (SSSR count). The van der Waals surface area contributed by atoms with Crippen molar-refractivity contribution in [3.63, 3.8) is 0 Å². The first-order valence-electron chi connectivity index (χ1n) is 16.4. The number of nitrogens with zero attached hydrogens (tertiary/aromatic N) is 1. The molecule has 0 spiro atoms. The van der Waals surface area contributed by atoms with E-state index >= 15 is 0 Å². The highest BCUT2D eigenvalue weighted by molar-refractivity contribution is 6.06. The van der Waals surface area contributed by atoms with Crippen LogP contribution in [0.3, 0.4) is 0 Å². The zero-order chi connectivity index (χ0) is 30.4. The summed E-state index contributed by atoms with van der Waals surface area (Å²) in [6.07, 6.45) is 14.4. The normalized spacial score (nSPS) is 21.5. The molecule has 1 aromatic heterocycles. The maximum atomic E-state index is 7.00. The number of hydrogen-bond donors (Lipinski definition) is 2. The van der Waals surface area contributed by atoms with Gasteiger partial charge in [-0.15, -0.1) is 0 Å². The predicted molar refractivity (Wildman–Crippen MR) is 186 cm³/mol. The summed E-state index contributed by atoms with van der Waals surface area (Å²) in [6, 6.07) is 28.3. The van der Waals surface area contributed by atoms with Crippen LogP contribution in [0.5, 0.6) is 17.4 Å². The molecule has 2 aliphatic carbocycles. The van der Waals surface area contributed by atoms with E-state index in [4.69, 9.17) is 9.47 Å². The van der Waals surface area contributed by atoms with Gasteiger partial charge >= 0.3 is 0 Å². The summed E-state index contributed by atoms with van der Waals surface area (Å²) < 4.78 is 15.9. The van der Waals surface area contributed by atoms with Crippen LogP contribution in [0.2, 0.25) is 0 Å². The Balaban J connectivity index is 1.23. The van der Waals surface area contributed by atoms with Crippen LogP contribution in [0.15, 0.2) is 109 Å². The monoisotopic (exact) mass is 599 g/mol. The molecule has 3 atom stereocenters. The Morgan fingerprint density at radius 1 is 0.761 bits per heavy atom. The fourth-order valence-electron chi connectivity index (χ4n) is 8.09. The molecule has 3 unspecified atom stereocenters. The minimum Gasteiger partial charge on any atom is -0.484 e. The maximum absolute atomic E-state index is 7.00. The number of para-hydroxylation sites is 3. The largest absolute Gasteiger partial charge is 0.484 e. The fraction of sp³-hybridized carbons (Fsp3) is 0.171. The number of aromatic nitrogens is 1. The minimum atomic E-state index is 0.0529. The van der Waals surface area contributed by atoms with Crippen molar-refractivity contribution in [1.29, 1.82) is 0 Å². The van der Waals surface area contributed by atoms with Gasteiger partial charge in [0, 0.05) is 41.1 Å². The van der Waals surface area contributed by atoms with Crippen molar-refractivity contribution in [2.45, 2.75) is 25.4 Å². The van der Waals surface area contributed by atoms with E-state index in [1.807, 2.05) is 0 Å². The maximum Gasteiger partial charge on any atom is 0.214 e. The Labute approximate surface area is 268 Å². The third-order valence-corrected chi connectivity index (χ3v) is 10.2. The van der Waals surface area contributed by atoms with Gasteiger partial charge in [-0.3, -0.25) is 4.57 Å². The molecule has 4 heterocycles. The van der Waals surface area contributed by atoms with Gasteiger partial charge in [-0.2, -0.15) is 0 Å². The Hall–Kier alpha value is -5.42. The second-order valence-electron chi connectivity index (χ2n) is 12.9. The predicted octanol–water partition coefficient (Wildman–Crippen LogP) is 8.73. The summed E-state index contributed by atoms with van der Waals surface area (Å²) in [6.45, 7) is 4.00. The number of benzene rings is 4. The second kappa shape index (κ2) is 9.79. The summed E-state index contributed by atoms with van der Waals surface area (Å²) >= 11 is 0. The second-order valence-corrected chi connectivity index (χ2v) is 12.9. The van der Waals surface area contributed by atoms with Crippen molar-refractivity contribution in [1.82, 2.24) is 15.2 Å². The molecule has 0 saturated heterocycles. The van der Waals surface area contributed by atoms with E-state index in [2.05, 4.69) is 137 Å². The third-order valence-electron chi connectivity index (χ3n) is 10.2. The smallest absolute Gasteiger partial charge is 0.214 e. The van der Waals surface area contributed by atoms with Crippen LogP contribution in [0.4, 0.5) is 0 Å². The van der Waals surface area contributed by atoms with Gasteiger partial charge in [0.25, 0.3) is 0 Å². The highest BCUT2D eigenvalue weighted by Crippen LogP contribution is 2.52. The number of ether oxygens (including phenoxy) is 2. The van der Waals surface area contributed by atoms with Crippen LogP contribution >= 0.6 is 0 Å². The van der Waals surface area contributed by atoms with Crippen LogP contribution in [0.25, 0.3) is 50.8 Å². The minimum absolute atomic E-state index is 0.0529. The lowest BCUT2D eigenvalue weighted by Gasteiger charge is -2.24. The van der Waals surface area contributed by atoms with Crippen LogP contribution in [0.1, 0.15) is 35.1 Å². The molecule has 0 fully saturated rings. The summed E-state index contributed by atoms with van der Waals surface area (Å²) in [5, 5.41) is 8.58. The molecule has 0 amide bonds. The lowest BCUT2D eigenvalue weighted by Crippen LogP contribution is -2.35. The van der Waals surface area contributed by atoms with Crippen molar-refractivity contribution >= 4 is 28.5 Å². The van der Waals surface area contributed by atoms with Gasteiger partial charge in [0.15, 0.2) is 0 Å². The lowest BCUT2D eigenvalue weighted by molar-refractivity contribution is 0.270.